The van der Waals surface area contributed by atoms with E-state index in [0.717, 1.165) is 11.0 Å². The first-order valence-electron chi connectivity index (χ1n) is 7.27. The van der Waals surface area contributed by atoms with E-state index < -0.39 is 0 Å². The summed E-state index contributed by atoms with van der Waals surface area (Å²) in [4.78, 5) is 20.0. The molecule has 3 N–H and O–H groups in total. The summed E-state index contributed by atoms with van der Waals surface area (Å²) in [6.07, 6.45) is 1.59. The van der Waals surface area contributed by atoms with Gasteiger partial charge in [0.25, 0.3) is 5.91 Å². The molecule has 2 aromatic heterocycles. The Balaban J connectivity index is 2.05. The maximum atomic E-state index is 12.2. The van der Waals surface area contributed by atoms with Crippen molar-refractivity contribution < 1.29 is 4.79 Å². The van der Waals surface area contributed by atoms with Gasteiger partial charge in [0.15, 0.2) is 5.82 Å². The third-order valence-electron chi connectivity index (χ3n) is 3.63. The standard InChI is InChI=1S/C16H19N5O/c1-8(2)18-16(22)11-7-17-21-14(11)15-19-12-5-9(3)10(4)6-13(12)20-15/h5-8H,1-4H3,(H,17,21)(H,18,22)(H,19,20). The van der Waals surface area contributed by atoms with Gasteiger partial charge >= 0.3 is 0 Å². The smallest absolute Gasteiger partial charge is 0.255 e. The molecule has 22 heavy (non-hydrogen) atoms. The van der Waals surface area contributed by atoms with Crippen LogP contribution >= 0.6 is 0 Å². The molecule has 114 valence electrons. The Morgan fingerprint density at radius 3 is 2.68 bits per heavy atom. The number of hydrogen-bond donors (Lipinski definition) is 3. The monoisotopic (exact) mass is 297 g/mol. The number of nitrogens with one attached hydrogen (secondary N) is 3. The maximum Gasteiger partial charge on any atom is 0.255 e. The van der Waals surface area contributed by atoms with Gasteiger partial charge in [-0.05, 0) is 51.0 Å². The number of rotatable bonds is 3. The normalized spacial score (nSPS) is 11.3. The average Bonchev–Trinajstić information content (AvgIpc) is 3.04. The summed E-state index contributed by atoms with van der Waals surface area (Å²) in [6, 6.07) is 4.16. The largest absolute Gasteiger partial charge is 0.350 e. The Kier molecular flexibility index (Phi) is 3.44. The lowest BCUT2D eigenvalue weighted by atomic mass is 10.1. The van der Waals surface area contributed by atoms with Crippen LogP contribution in [-0.2, 0) is 0 Å². The molecule has 0 saturated heterocycles. The number of aromatic nitrogens is 4. The first-order valence-corrected chi connectivity index (χ1v) is 7.27. The summed E-state index contributed by atoms with van der Waals surface area (Å²) in [5, 5.41) is 9.79. The van der Waals surface area contributed by atoms with Crippen LogP contribution in [0.1, 0.15) is 35.3 Å². The minimum Gasteiger partial charge on any atom is -0.350 e. The molecular formula is C16H19N5O. The average molecular weight is 297 g/mol. The van der Waals surface area contributed by atoms with Crippen LogP contribution in [0.15, 0.2) is 18.3 Å². The van der Waals surface area contributed by atoms with Crippen LogP contribution in [0.2, 0.25) is 0 Å². The Morgan fingerprint density at radius 1 is 1.23 bits per heavy atom. The Hall–Kier alpha value is -2.63. The predicted octanol–water partition coefficient (Wildman–Crippen LogP) is 2.71. The summed E-state index contributed by atoms with van der Waals surface area (Å²) in [5.41, 5.74) is 5.21. The van der Waals surface area contributed by atoms with Crippen LogP contribution < -0.4 is 5.32 Å². The van der Waals surface area contributed by atoms with Gasteiger partial charge in [-0.3, -0.25) is 9.89 Å². The first-order chi connectivity index (χ1) is 10.5. The summed E-state index contributed by atoms with van der Waals surface area (Å²) in [6.45, 7) is 7.96. The fraction of sp³-hybridized carbons (Fsp3) is 0.312. The van der Waals surface area contributed by atoms with E-state index in [1.165, 1.54) is 11.1 Å². The molecule has 3 rings (SSSR count). The van der Waals surface area contributed by atoms with Crippen molar-refractivity contribution in [2.24, 2.45) is 0 Å². The second-order valence-electron chi connectivity index (χ2n) is 5.81. The van der Waals surface area contributed by atoms with Crippen LogP contribution in [0.25, 0.3) is 22.6 Å². The summed E-state index contributed by atoms with van der Waals surface area (Å²) >= 11 is 0. The maximum absolute atomic E-state index is 12.2. The van der Waals surface area contributed by atoms with Crippen LogP contribution in [0.5, 0.6) is 0 Å². The molecule has 6 nitrogen and oxygen atoms in total. The van der Waals surface area contributed by atoms with E-state index >= 15 is 0 Å². The molecule has 0 spiro atoms. The number of aromatic amines is 2. The molecular weight excluding hydrogens is 278 g/mol. The third kappa shape index (κ3) is 2.47. The van der Waals surface area contributed by atoms with Gasteiger partial charge < -0.3 is 10.3 Å². The molecule has 0 aliphatic heterocycles. The van der Waals surface area contributed by atoms with Crippen molar-refractivity contribution in [1.82, 2.24) is 25.5 Å². The van der Waals surface area contributed by atoms with Gasteiger partial charge in [0.2, 0.25) is 0 Å². The van der Waals surface area contributed by atoms with Gasteiger partial charge in [-0.2, -0.15) is 5.10 Å². The lowest BCUT2D eigenvalue weighted by Crippen LogP contribution is -2.30. The third-order valence-corrected chi connectivity index (χ3v) is 3.63. The lowest BCUT2D eigenvalue weighted by Gasteiger charge is -2.07. The molecule has 0 aliphatic rings. The molecule has 0 atom stereocenters. The number of aryl methyl sites for hydroxylation is 2. The van der Waals surface area contributed by atoms with Crippen molar-refractivity contribution in [2.75, 3.05) is 0 Å². The van der Waals surface area contributed by atoms with E-state index in [-0.39, 0.29) is 11.9 Å². The van der Waals surface area contributed by atoms with Gasteiger partial charge in [0.05, 0.1) is 16.6 Å². The van der Waals surface area contributed by atoms with Crippen molar-refractivity contribution in [3.8, 4) is 11.5 Å². The molecule has 1 amide bonds. The van der Waals surface area contributed by atoms with Gasteiger partial charge in [0, 0.05) is 12.2 Å². The zero-order chi connectivity index (χ0) is 15.9. The molecule has 1 aromatic carbocycles. The van der Waals surface area contributed by atoms with Crippen LogP contribution in [0, 0.1) is 13.8 Å². The molecule has 0 radical (unpaired) electrons. The summed E-state index contributed by atoms with van der Waals surface area (Å²) in [5.74, 6) is 0.432. The second-order valence-corrected chi connectivity index (χ2v) is 5.81. The first kappa shape index (κ1) is 14.3. The molecule has 6 heteroatoms. The van der Waals surface area contributed by atoms with E-state index in [2.05, 4.69) is 45.4 Å². The molecule has 3 aromatic rings. The SMILES string of the molecule is Cc1cc2nc(-c3n[nH]cc3C(=O)NC(C)C)[nH]c2cc1C. The van der Waals surface area contributed by atoms with Gasteiger partial charge in [0.1, 0.15) is 5.69 Å². The van der Waals surface area contributed by atoms with E-state index in [0.29, 0.717) is 17.1 Å². The second kappa shape index (κ2) is 5.29. The molecule has 2 heterocycles. The van der Waals surface area contributed by atoms with Crippen molar-refractivity contribution in [3.63, 3.8) is 0 Å². The summed E-state index contributed by atoms with van der Waals surface area (Å²) < 4.78 is 0. The van der Waals surface area contributed by atoms with Crippen LogP contribution in [0.4, 0.5) is 0 Å². The topological polar surface area (TPSA) is 86.5 Å². The highest BCUT2D eigenvalue weighted by Crippen LogP contribution is 2.24. The summed E-state index contributed by atoms with van der Waals surface area (Å²) in [7, 11) is 0. The van der Waals surface area contributed by atoms with Crippen molar-refractivity contribution in [3.05, 3.63) is 35.0 Å². The fourth-order valence-corrected chi connectivity index (χ4v) is 2.37. The number of carbonyl (C=O) groups is 1. The number of benzene rings is 1. The van der Waals surface area contributed by atoms with Crippen LogP contribution in [-0.4, -0.2) is 32.1 Å². The number of fused-ring (bicyclic) bond motifs is 1. The fourth-order valence-electron chi connectivity index (χ4n) is 2.37. The quantitative estimate of drug-likeness (QED) is 0.694. The zero-order valence-electron chi connectivity index (χ0n) is 13.1. The van der Waals surface area contributed by atoms with Gasteiger partial charge in [-0.15, -0.1) is 0 Å². The van der Waals surface area contributed by atoms with E-state index in [1.807, 2.05) is 19.9 Å². The Labute approximate surface area is 128 Å². The zero-order valence-corrected chi connectivity index (χ0v) is 13.1. The molecule has 0 aliphatic carbocycles. The highest BCUT2D eigenvalue weighted by molar-refractivity contribution is 5.99. The Bertz CT molecular complexity index is 804. The van der Waals surface area contributed by atoms with Crippen molar-refractivity contribution in [1.29, 1.82) is 0 Å². The number of hydrogen-bond acceptors (Lipinski definition) is 3. The predicted molar refractivity (Wildman–Crippen MR) is 85.8 cm³/mol. The molecule has 0 bridgehead atoms. The minimum absolute atomic E-state index is 0.0659. The highest BCUT2D eigenvalue weighted by atomic mass is 16.1. The highest BCUT2D eigenvalue weighted by Gasteiger charge is 2.19. The molecule has 0 fully saturated rings. The number of carbonyl (C=O) groups excluding carboxylic acids is 1. The van der Waals surface area contributed by atoms with Crippen LogP contribution in [0.3, 0.4) is 0 Å². The number of imidazole rings is 1. The van der Waals surface area contributed by atoms with Gasteiger partial charge in [-0.1, -0.05) is 0 Å². The molecule has 0 saturated carbocycles. The van der Waals surface area contributed by atoms with E-state index in [1.54, 1.807) is 6.20 Å². The van der Waals surface area contributed by atoms with E-state index in [9.17, 15) is 4.79 Å². The van der Waals surface area contributed by atoms with E-state index in [4.69, 9.17) is 0 Å². The van der Waals surface area contributed by atoms with Crippen molar-refractivity contribution >= 4 is 16.9 Å². The number of H-pyrrole nitrogens is 2. The van der Waals surface area contributed by atoms with Crippen molar-refractivity contribution in [2.45, 2.75) is 33.7 Å². The van der Waals surface area contributed by atoms with Gasteiger partial charge in [-0.25, -0.2) is 4.98 Å². The Morgan fingerprint density at radius 2 is 1.95 bits per heavy atom. The lowest BCUT2D eigenvalue weighted by molar-refractivity contribution is 0.0944. The minimum atomic E-state index is -0.161. The number of amides is 1. The number of nitrogens with zero attached hydrogens (tertiary/aromatic N) is 2. The molecule has 0 unspecified atom stereocenters.